The van der Waals surface area contributed by atoms with Gasteiger partial charge in [0.1, 0.15) is 0 Å². The predicted octanol–water partition coefficient (Wildman–Crippen LogP) is 6.38. The third-order valence-electron chi connectivity index (χ3n) is 5.89. The lowest BCUT2D eigenvalue weighted by molar-refractivity contribution is -0.244. The molecule has 7 nitrogen and oxygen atoms in total. The smallest absolute Gasteiger partial charge is 0.453 e. The number of phosphoric ester groups is 1. The first-order valence-corrected chi connectivity index (χ1v) is 13.3. The highest BCUT2D eigenvalue weighted by atomic mass is 31.2. The monoisotopic (exact) mass is 470 g/mol. The van der Waals surface area contributed by atoms with E-state index >= 15 is 0 Å². The van der Waals surface area contributed by atoms with Crippen LogP contribution in [0.2, 0.25) is 0 Å². The van der Waals surface area contributed by atoms with E-state index in [0.717, 1.165) is 32.1 Å². The number of benzene rings is 1. The first-order chi connectivity index (χ1) is 15.3. The van der Waals surface area contributed by atoms with Crippen LogP contribution in [0.3, 0.4) is 0 Å². The Morgan fingerprint density at radius 3 is 2.09 bits per heavy atom. The second kappa shape index (κ2) is 13.5. The highest BCUT2D eigenvalue weighted by Crippen LogP contribution is 2.53. The van der Waals surface area contributed by atoms with Crippen LogP contribution in [0.1, 0.15) is 77.1 Å². The van der Waals surface area contributed by atoms with E-state index in [9.17, 15) is 9.36 Å². The maximum absolute atomic E-state index is 13.4. The van der Waals surface area contributed by atoms with Gasteiger partial charge in [-0.25, -0.2) is 9.36 Å². The number of hydrogen-bond donors (Lipinski definition) is 0. The van der Waals surface area contributed by atoms with Crippen molar-refractivity contribution in [3.63, 3.8) is 0 Å². The average molecular weight is 471 g/mol. The lowest BCUT2D eigenvalue weighted by Gasteiger charge is -2.44. The minimum atomic E-state index is -3.90. The summed E-state index contributed by atoms with van der Waals surface area (Å²) >= 11 is 0. The molecule has 0 radical (unpaired) electrons. The van der Waals surface area contributed by atoms with Crippen molar-refractivity contribution in [2.75, 3.05) is 13.2 Å². The molecule has 1 aliphatic rings. The third-order valence-corrected chi connectivity index (χ3v) is 7.36. The fraction of sp³-hybridized carbons (Fsp3) is 0.708. The van der Waals surface area contributed by atoms with E-state index in [0.29, 0.717) is 5.56 Å². The summed E-state index contributed by atoms with van der Waals surface area (Å²) in [5, 5.41) is 0. The number of carbonyl (C=O) groups is 1. The minimum Gasteiger partial charge on any atom is -0.453 e. The van der Waals surface area contributed by atoms with Gasteiger partial charge in [-0.2, -0.15) is 0 Å². The van der Waals surface area contributed by atoms with Crippen molar-refractivity contribution in [2.45, 2.75) is 85.2 Å². The molecule has 5 atom stereocenters. The van der Waals surface area contributed by atoms with Crippen molar-refractivity contribution in [1.82, 2.24) is 0 Å². The van der Waals surface area contributed by atoms with Crippen LogP contribution in [0, 0.1) is 11.8 Å². The van der Waals surface area contributed by atoms with Gasteiger partial charge >= 0.3 is 13.8 Å². The fourth-order valence-electron chi connectivity index (χ4n) is 3.61. The molecule has 0 saturated carbocycles. The van der Waals surface area contributed by atoms with Crippen LogP contribution < -0.4 is 0 Å². The standard InChI is InChI=1S/C24H39O7P/c1-6-9-16-27-32(26,28-17-10-7-2)31-24-22(19(5)18(4)21(8-3)29-24)30-23(25)20-14-12-11-13-15-20/h11-15,18-19,21-22,24H,6-10,16-17H2,1-5H3/t18-,19+,21?,22?,24+/m1/s1. The Morgan fingerprint density at radius 1 is 0.969 bits per heavy atom. The van der Waals surface area contributed by atoms with E-state index in [1.807, 2.05) is 33.8 Å². The molecule has 1 fully saturated rings. The first-order valence-electron chi connectivity index (χ1n) is 11.8. The van der Waals surface area contributed by atoms with Crippen LogP contribution in [0.15, 0.2) is 30.3 Å². The third kappa shape index (κ3) is 7.67. The van der Waals surface area contributed by atoms with Gasteiger partial charge in [0.2, 0.25) is 6.29 Å². The van der Waals surface area contributed by atoms with Crippen LogP contribution in [-0.4, -0.2) is 37.7 Å². The number of rotatable bonds is 13. The second-order valence-corrected chi connectivity index (χ2v) is 9.95. The quantitative estimate of drug-likeness (QED) is 0.188. The number of carbonyl (C=O) groups excluding carboxylic acids is 1. The van der Waals surface area contributed by atoms with Gasteiger partial charge in [-0.3, -0.25) is 13.6 Å². The molecule has 1 saturated heterocycles. The van der Waals surface area contributed by atoms with Gasteiger partial charge in [0.05, 0.1) is 24.9 Å². The number of hydrogen-bond acceptors (Lipinski definition) is 7. The highest BCUT2D eigenvalue weighted by molar-refractivity contribution is 7.48. The first kappa shape index (κ1) is 27.0. The molecule has 32 heavy (non-hydrogen) atoms. The van der Waals surface area contributed by atoms with Crippen LogP contribution >= 0.6 is 7.82 Å². The summed E-state index contributed by atoms with van der Waals surface area (Å²) in [5.41, 5.74) is 0.435. The van der Waals surface area contributed by atoms with Crippen LogP contribution in [0.25, 0.3) is 0 Å². The van der Waals surface area contributed by atoms with E-state index in [1.54, 1.807) is 24.3 Å². The molecular weight excluding hydrogens is 431 g/mol. The molecule has 0 amide bonds. The van der Waals surface area contributed by atoms with Gasteiger partial charge in [0, 0.05) is 5.92 Å². The Bertz CT molecular complexity index is 712. The Morgan fingerprint density at radius 2 is 1.56 bits per heavy atom. The Hall–Kier alpha value is -1.24. The van der Waals surface area contributed by atoms with E-state index in [4.69, 9.17) is 23.0 Å². The normalized spacial score (nSPS) is 26.1. The summed E-state index contributed by atoms with van der Waals surface area (Å²) in [6.07, 6.45) is 2.06. The zero-order chi connectivity index (χ0) is 23.6. The Labute approximate surface area is 192 Å². The van der Waals surface area contributed by atoms with Gasteiger partial charge in [-0.15, -0.1) is 0 Å². The summed E-state index contributed by atoms with van der Waals surface area (Å²) in [4.78, 5) is 12.8. The largest absolute Gasteiger partial charge is 0.477 e. The maximum Gasteiger partial charge on any atom is 0.477 e. The van der Waals surface area contributed by atoms with E-state index in [1.165, 1.54) is 0 Å². The Balaban J connectivity index is 2.23. The molecule has 2 unspecified atom stereocenters. The summed E-state index contributed by atoms with van der Waals surface area (Å²) < 4.78 is 42.5. The van der Waals surface area contributed by atoms with Gasteiger partial charge < -0.3 is 9.47 Å². The van der Waals surface area contributed by atoms with Crippen molar-refractivity contribution < 1.29 is 32.4 Å². The van der Waals surface area contributed by atoms with Crippen molar-refractivity contribution >= 4 is 13.8 Å². The number of esters is 1. The molecule has 1 aromatic carbocycles. The molecule has 1 aliphatic heterocycles. The molecule has 2 rings (SSSR count). The van der Waals surface area contributed by atoms with Crippen molar-refractivity contribution in [3.05, 3.63) is 35.9 Å². The van der Waals surface area contributed by atoms with Crippen LogP contribution in [0.5, 0.6) is 0 Å². The molecule has 1 heterocycles. The molecule has 0 aliphatic carbocycles. The maximum atomic E-state index is 13.4. The predicted molar refractivity (Wildman–Crippen MR) is 123 cm³/mol. The number of ether oxygens (including phenoxy) is 2. The lowest BCUT2D eigenvalue weighted by Crippen LogP contribution is -2.51. The molecule has 182 valence electrons. The zero-order valence-corrected chi connectivity index (χ0v) is 20.9. The van der Waals surface area contributed by atoms with Crippen molar-refractivity contribution in [1.29, 1.82) is 0 Å². The minimum absolute atomic E-state index is 0.0777. The summed E-state index contributed by atoms with van der Waals surface area (Å²) in [7, 11) is -3.90. The summed E-state index contributed by atoms with van der Waals surface area (Å²) in [6, 6.07) is 8.77. The average Bonchev–Trinajstić information content (AvgIpc) is 2.79. The zero-order valence-electron chi connectivity index (χ0n) is 20.0. The van der Waals surface area contributed by atoms with Crippen LogP contribution in [-0.2, 0) is 27.6 Å². The van der Waals surface area contributed by atoms with Crippen LogP contribution in [0.4, 0.5) is 0 Å². The second-order valence-electron chi connectivity index (χ2n) is 8.33. The van der Waals surface area contributed by atoms with E-state index in [2.05, 4.69) is 6.92 Å². The van der Waals surface area contributed by atoms with Gasteiger partial charge in [-0.1, -0.05) is 65.7 Å². The lowest BCUT2D eigenvalue weighted by atomic mass is 9.82. The SMILES string of the molecule is CCCCOP(=O)(OCCCC)O[C@@H]1OC(CC)[C@H](C)[C@H](C)C1OC(=O)c1ccccc1. The summed E-state index contributed by atoms with van der Waals surface area (Å²) in [6.45, 7) is 10.6. The number of phosphoric acid groups is 1. The summed E-state index contributed by atoms with van der Waals surface area (Å²) in [5.74, 6) is -0.434. The van der Waals surface area contributed by atoms with E-state index < -0.39 is 26.2 Å². The molecule has 0 spiro atoms. The molecule has 0 aromatic heterocycles. The number of unbranched alkanes of at least 4 members (excludes halogenated alkanes) is 2. The van der Waals surface area contributed by atoms with Crippen molar-refractivity contribution in [2.24, 2.45) is 11.8 Å². The van der Waals surface area contributed by atoms with Gasteiger partial charge in [-0.05, 0) is 37.3 Å². The molecular formula is C24H39O7P. The fourth-order valence-corrected chi connectivity index (χ4v) is 4.93. The van der Waals surface area contributed by atoms with Gasteiger partial charge in [0.25, 0.3) is 0 Å². The molecule has 0 bridgehead atoms. The van der Waals surface area contributed by atoms with E-state index in [-0.39, 0.29) is 31.2 Å². The molecule has 8 heteroatoms. The topological polar surface area (TPSA) is 80.3 Å². The van der Waals surface area contributed by atoms with Gasteiger partial charge in [0.15, 0.2) is 6.10 Å². The molecule has 1 aromatic rings. The van der Waals surface area contributed by atoms with Crippen molar-refractivity contribution in [3.8, 4) is 0 Å². The highest BCUT2D eigenvalue weighted by Gasteiger charge is 2.47. The molecule has 0 N–H and O–H groups in total. The Kier molecular flexibility index (Phi) is 11.4.